The first-order valence-electron chi connectivity index (χ1n) is 11.4. The molecular weight excluding hydrogens is 557 g/mol. The zero-order valence-corrected chi connectivity index (χ0v) is 23.3. The summed E-state index contributed by atoms with van der Waals surface area (Å²) in [5, 5.41) is 3.46. The molecule has 0 fully saturated rings. The van der Waals surface area contributed by atoms with E-state index in [1.165, 1.54) is 36.2 Å². The number of rotatable bonds is 10. The van der Waals surface area contributed by atoms with Crippen molar-refractivity contribution in [3.8, 4) is 0 Å². The molecule has 1 unspecified atom stereocenters. The lowest BCUT2D eigenvalue weighted by molar-refractivity contribution is -0.140. The van der Waals surface area contributed by atoms with Gasteiger partial charge in [-0.1, -0.05) is 78.1 Å². The molecule has 2 amide bonds. The number of nitrogens with zero attached hydrogens (tertiary/aromatic N) is 2. The minimum absolute atomic E-state index is 0.00615. The summed E-state index contributed by atoms with van der Waals surface area (Å²) in [4.78, 5) is 27.9. The summed E-state index contributed by atoms with van der Waals surface area (Å²) in [5.41, 5.74) is 0.691. The van der Waals surface area contributed by atoms with Crippen molar-refractivity contribution in [2.45, 2.75) is 30.8 Å². The van der Waals surface area contributed by atoms with Crippen molar-refractivity contribution in [2.75, 3.05) is 17.9 Å². The standard InChI is InChI=1S/C26H26Cl3N3O4S/c1-3-23(26(34)30-2)31(16-18-13-14-19(27)15-22(18)29)25(33)17-32(24-12-8-7-11-21(24)28)37(35,36)20-9-5-4-6-10-20/h4-15,23H,3,16-17H2,1-2H3,(H,30,34). The van der Waals surface area contributed by atoms with Crippen LogP contribution >= 0.6 is 34.8 Å². The molecule has 3 aromatic carbocycles. The number of para-hydroxylation sites is 1. The predicted octanol–water partition coefficient (Wildman–Crippen LogP) is 5.40. The molecule has 7 nitrogen and oxygen atoms in total. The van der Waals surface area contributed by atoms with E-state index in [0.717, 1.165) is 4.31 Å². The van der Waals surface area contributed by atoms with E-state index >= 15 is 0 Å². The van der Waals surface area contributed by atoms with Gasteiger partial charge in [0.25, 0.3) is 10.0 Å². The Kier molecular flexibility index (Phi) is 9.84. The van der Waals surface area contributed by atoms with Gasteiger partial charge in [-0.05, 0) is 48.4 Å². The highest BCUT2D eigenvalue weighted by molar-refractivity contribution is 7.92. The van der Waals surface area contributed by atoms with Crippen LogP contribution in [0.2, 0.25) is 15.1 Å². The second-order valence-electron chi connectivity index (χ2n) is 8.07. The smallest absolute Gasteiger partial charge is 0.264 e. The van der Waals surface area contributed by atoms with Gasteiger partial charge < -0.3 is 10.2 Å². The van der Waals surface area contributed by atoms with Crippen LogP contribution in [0.1, 0.15) is 18.9 Å². The highest BCUT2D eigenvalue weighted by atomic mass is 35.5. The number of halogens is 3. The molecule has 0 aliphatic rings. The van der Waals surface area contributed by atoms with Crippen LogP contribution < -0.4 is 9.62 Å². The van der Waals surface area contributed by atoms with E-state index in [9.17, 15) is 18.0 Å². The van der Waals surface area contributed by atoms with Crippen LogP contribution in [0.5, 0.6) is 0 Å². The molecule has 1 atom stereocenters. The molecule has 0 aromatic heterocycles. The van der Waals surface area contributed by atoms with Gasteiger partial charge in [-0.15, -0.1) is 0 Å². The number of nitrogens with one attached hydrogen (secondary N) is 1. The molecule has 37 heavy (non-hydrogen) atoms. The molecule has 0 spiro atoms. The van der Waals surface area contributed by atoms with Gasteiger partial charge in [-0.3, -0.25) is 13.9 Å². The largest absolute Gasteiger partial charge is 0.357 e. The quantitative estimate of drug-likeness (QED) is 0.347. The van der Waals surface area contributed by atoms with Crippen molar-refractivity contribution in [1.29, 1.82) is 0 Å². The van der Waals surface area contributed by atoms with Crippen LogP contribution in [0.15, 0.2) is 77.7 Å². The van der Waals surface area contributed by atoms with Gasteiger partial charge >= 0.3 is 0 Å². The van der Waals surface area contributed by atoms with Gasteiger partial charge in [0.05, 0.1) is 15.6 Å². The molecule has 0 aliphatic heterocycles. The normalized spacial score (nSPS) is 12.0. The number of carbonyl (C=O) groups excluding carboxylic acids is 2. The van der Waals surface area contributed by atoms with Crippen LogP contribution in [-0.2, 0) is 26.2 Å². The summed E-state index contributed by atoms with van der Waals surface area (Å²) in [6, 6.07) is 18.1. The van der Waals surface area contributed by atoms with Crippen LogP contribution in [0.4, 0.5) is 5.69 Å². The summed E-state index contributed by atoms with van der Waals surface area (Å²) >= 11 is 18.8. The summed E-state index contributed by atoms with van der Waals surface area (Å²) < 4.78 is 28.4. The van der Waals surface area contributed by atoms with E-state index < -0.39 is 34.4 Å². The summed E-state index contributed by atoms with van der Waals surface area (Å²) in [5.74, 6) is -1.00. The number of benzene rings is 3. The number of anilines is 1. The second-order valence-corrected chi connectivity index (χ2v) is 11.2. The molecule has 0 heterocycles. The number of hydrogen-bond donors (Lipinski definition) is 1. The molecule has 11 heteroatoms. The van der Waals surface area contributed by atoms with Crippen LogP contribution in [0, 0.1) is 0 Å². The Labute approximate surface area is 232 Å². The van der Waals surface area contributed by atoms with Crippen LogP contribution in [-0.4, -0.2) is 44.8 Å². The Balaban J connectivity index is 2.08. The molecule has 0 aliphatic carbocycles. The van der Waals surface area contributed by atoms with E-state index in [2.05, 4.69) is 5.32 Å². The average molecular weight is 583 g/mol. The number of carbonyl (C=O) groups is 2. The maximum absolute atomic E-state index is 13.8. The van der Waals surface area contributed by atoms with Crippen LogP contribution in [0.3, 0.4) is 0 Å². The lowest BCUT2D eigenvalue weighted by Crippen LogP contribution is -2.51. The molecule has 0 radical (unpaired) electrons. The lowest BCUT2D eigenvalue weighted by Gasteiger charge is -2.33. The molecule has 196 valence electrons. The van der Waals surface area contributed by atoms with E-state index in [1.54, 1.807) is 55.5 Å². The topological polar surface area (TPSA) is 86.8 Å². The van der Waals surface area contributed by atoms with E-state index in [-0.39, 0.29) is 28.6 Å². The van der Waals surface area contributed by atoms with E-state index in [1.807, 2.05) is 0 Å². The third-order valence-corrected chi connectivity index (χ3v) is 8.40. The predicted molar refractivity (Wildman–Crippen MR) is 148 cm³/mol. The molecule has 0 saturated carbocycles. The molecule has 3 aromatic rings. The molecular formula is C26H26Cl3N3O4S. The van der Waals surface area contributed by atoms with Crippen molar-refractivity contribution in [2.24, 2.45) is 0 Å². The summed E-state index contributed by atoms with van der Waals surface area (Å²) in [6.07, 6.45) is 0.286. The number of sulfonamides is 1. The average Bonchev–Trinajstić information content (AvgIpc) is 2.89. The fraction of sp³-hybridized carbons (Fsp3) is 0.231. The van der Waals surface area contributed by atoms with Gasteiger partial charge in [-0.2, -0.15) is 0 Å². The number of likely N-dealkylation sites (N-methyl/N-ethyl adjacent to an activating group) is 1. The Hall–Kier alpha value is -2.78. The van der Waals surface area contributed by atoms with Gasteiger partial charge in [0.1, 0.15) is 12.6 Å². The molecule has 3 rings (SSSR count). The highest BCUT2D eigenvalue weighted by Crippen LogP contribution is 2.31. The Morgan fingerprint density at radius 2 is 1.57 bits per heavy atom. The third kappa shape index (κ3) is 6.76. The van der Waals surface area contributed by atoms with Gasteiger partial charge in [0.15, 0.2) is 0 Å². The summed E-state index contributed by atoms with van der Waals surface area (Å²) in [6.45, 7) is 1.12. The molecule has 1 N–H and O–H groups in total. The summed E-state index contributed by atoms with van der Waals surface area (Å²) in [7, 11) is -2.72. The first-order chi connectivity index (χ1) is 17.6. The Morgan fingerprint density at radius 1 is 0.919 bits per heavy atom. The van der Waals surface area contributed by atoms with Gasteiger partial charge in [0, 0.05) is 23.6 Å². The third-order valence-electron chi connectivity index (χ3n) is 5.72. The highest BCUT2D eigenvalue weighted by Gasteiger charge is 2.34. The monoisotopic (exact) mass is 581 g/mol. The first kappa shape index (κ1) is 28.8. The fourth-order valence-electron chi connectivity index (χ4n) is 3.81. The number of amides is 2. The lowest BCUT2D eigenvalue weighted by atomic mass is 10.1. The van der Waals surface area contributed by atoms with Crippen molar-refractivity contribution in [1.82, 2.24) is 10.2 Å². The zero-order chi connectivity index (χ0) is 27.2. The maximum atomic E-state index is 13.8. The molecule has 0 bridgehead atoms. The first-order valence-corrected chi connectivity index (χ1v) is 13.9. The minimum Gasteiger partial charge on any atom is -0.357 e. The maximum Gasteiger partial charge on any atom is 0.264 e. The van der Waals surface area contributed by atoms with Crippen LogP contribution in [0.25, 0.3) is 0 Å². The number of hydrogen-bond acceptors (Lipinski definition) is 4. The minimum atomic E-state index is -4.19. The van der Waals surface area contributed by atoms with Crippen molar-refractivity contribution in [3.63, 3.8) is 0 Å². The van der Waals surface area contributed by atoms with Crippen molar-refractivity contribution < 1.29 is 18.0 Å². The Morgan fingerprint density at radius 3 is 2.16 bits per heavy atom. The van der Waals surface area contributed by atoms with Gasteiger partial charge in [0.2, 0.25) is 11.8 Å². The van der Waals surface area contributed by atoms with Crippen molar-refractivity contribution >= 4 is 62.3 Å². The van der Waals surface area contributed by atoms with Gasteiger partial charge in [-0.25, -0.2) is 8.42 Å². The fourth-order valence-corrected chi connectivity index (χ4v) is 6.02. The van der Waals surface area contributed by atoms with Crippen molar-refractivity contribution in [3.05, 3.63) is 93.4 Å². The molecule has 0 saturated heterocycles. The second kappa shape index (κ2) is 12.6. The van der Waals surface area contributed by atoms with E-state index in [4.69, 9.17) is 34.8 Å². The van der Waals surface area contributed by atoms with E-state index in [0.29, 0.717) is 15.6 Å². The SMILES string of the molecule is CCC(C(=O)NC)N(Cc1ccc(Cl)cc1Cl)C(=O)CN(c1ccccc1Cl)S(=O)(=O)c1ccccc1. The Bertz CT molecular complexity index is 1370. The zero-order valence-electron chi connectivity index (χ0n) is 20.2.